The smallest absolute Gasteiger partial charge is 0.359 e. The van der Waals surface area contributed by atoms with Gasteiger partial charge < -0.3 is 10.6 Å². The Labute approximate surface area is 180 Å². The molecule has 164 valence electrons. The third kappa shape index (κ3) is 5.45. The summed E-state index contributed by atoms with van der Waals surface area (Å²) in [5.41, 5.74) is 2.25. The summed E-state index contributed by atoms with van der Waals surface area (Å²) in [4.78, 5) is 17.1. The topological polar surface area (TPSA) is 75.6 Å². The number of nitrogens with zero attached hydrogens (tertiary/aromatic N) is 4. The van der Waals surface area contributed by atoms with E-state index in [9.17, 15) is 17.6 Å². The third-order valence-corrected chi connectivity index (χ3v) is 4.54. The molecule has 2 heterocycles. The van der Waals surface area contributed by atoms with Crippen LogP contribution in [0.15, 0.2) is 60.8 Å². The summed E-state index contributed by atoms with van der Waals surface area (Å²) in [5.74, 6) is -0.363. The second kappa shape index (κ2) is 9.13. The molecule has 6 nitrogen and oxygen atoms in total. The van der Waals surface area contributed by atoms with Crippen LogP contribution in [-0.4, -0.2) is 39.2 Å². The maximum absolute atomic E-state index is 13.2. The van der Waals surface area contributed by atoms with E-state index in [1.807, 2.05) is 30.3 Å². The minimum absolute atomic E-state index is 0.0877. The van der Waals surface area contributed by atoms with E-state index in [1.165, 1.54) is 30.5 Å². The van der Waals surface area contributed by atoms with E-state index in [4.69, 9.17) is 0 Å². The van der Waals surface area contributed by atoms with Gasteiger partial charge in [0.05, 0.1) is 11.9 Å². The van der Waals surface area contributed by atoms with E-state index < -0.39 is 18.5 Å². The molecule has 0 aliphatic carbocycles. The Morgan fingerprint density at radius 2 is 1.59 bits per heavy atom. The SMILES string of the molecule is Fc1ccc(-c2cnc3nc(NCCc4ccccc4)nc(NCC(F)(F)F)c3n2)cc1. The van der Waals surface area contributed by atoms with Crippen LogP contribution in [0.3, 0.4) is 0 Å². The van der Waals surface area contributed by atoms with Gasteiger partial charge in [0.2, 0.25) is 5.95 Å². The molecule has 4 rings (SSSR count). The Bertz CT molecular complexity index is 1200. The second-order valence-corrected chi connectivity index (χ2v) is 6.96. The fourth-order valence-corrected chi connectivity index (χ4v) is 3.02. The highest BCUT2D eigenvalue weighted by molar-refractivity contribution is 5.85. The lowest BCUT2D eigenvalue weighted by molar-refractivity contribution is -0.115. The summed E-state index contributed by atoms with van der Waals surface area (Å²) in [6, 6.07) is 15.3. The maximum atomic E-state index is 13.2. The van der Waals surface area contributed by atoms with Crippen molar-refractivity contribution < 1.29 is 17.6 Å². The summed E-state index contributed by atoms with van der Waals surface area (Å²) >= 11 is 0. The fraction of sp³-hybridized carbons (Fsp3) is 0.182. The first-order valence-electron chi connectivity index (χ1n) is 9.76. The molecule has 0 atom stereocenters. The number of anilines is 2. The van der Waals surface area contributed by atoms with Crippen molar-refractivity contribution in [3.05, 3.63) is 72.2 Å². The zero-order chi connectivity index (χ0) is 22.6. The van der Waals surface area contributed by atoms with Crippen LogP contribution in [0.4, 0.5) is 29.3 Å². The molecule has 0 radical (unpaired) electrons. The van der Waals surface area contributed by atoms with Crippen LogP contribution in [0, 0.1) is 5.82 Å². The van der Waals surface area contributed by atoms with Crippen molar-refractivity contribution in [1.29, 1.82) is 0 Å². The van der Waals surface area contributed by atoms with E-state index in [-0.39, 0.29) is 22.9 Å². The molecule has 2 aromatic heterocycles. The Kier molecular flexibility index (Phi) is 6.11. The van der Waals surface area contributed by atoms with Crippen LogP contribution < -0.4 is 10.6 Å². The molecule has 0 saturated heterocycles. The predicted octanol–water partition coefficient (Wildman–Crippen LogP) is 4.85. The van der Waals surface area contributed by atoms with Crippen molar-refractivity contribution in [2.24, 2.45) is 0 Å². The van der Waals surface area contributed by atoms with Crippen molar-refractivity contribution in [2.45, 2.75) is 12.6 Å². The standard InChI is InChI=1S/C22H18F4N6/c23-16-8-6-15(7-9-16)17-12-28-19-18(30-17)20(29-13-22(24,25)26)32-21(31-19)27-11-10-14-4-2-1-3-5-14/h1-9,12H,10-11,13H2,(H2,27,28,29,31,32). The molecular weight excluding hydrogens is 424 g/mol. The van der Waals surface area contributed by atoms with E-state index in [0.717, 1.165) is 5.56 Å². The van der Waals surface area contributed by atoms with Gasteiger partial charge in [-0.15, -0.1) is 0 Å². The zero-order valence-corrected chi connectivity index (χ0v) is 16.7. The molecule has 2 aromatic carbocycles. The summed E-state index contributed by atoms with van der Waals surface area (Å²) in [5, 5.41) is 5.31. The van der Waals surface area contributed by atoms with Gasteiger partial charge in [0.25, 0.3) is 0 Å². The van der Waals surface area contributed by atoms with Gasteiger partial charge in [0.15, 0.2) is 17.0 Å². The van der Waals surface area contributed by atoms with E-state index in [2.05, 4.69) is 30.6 Å². The van der Waals surface area contributed by atoms with Crippen LogP contribution in [0.2, 0.25) is 0 Å². The van der Waals surface area contributed by atoms with E-state index in [1.54, 1.807) is 0 Å². The summed E-state index contributed by atoms with van der Waals surface area (Å²) in [6.45, 7) is -0.805. The van der Waals surface area contributed by atoms with Gasteiger partial charge in [-0.05, 0) is 36.2 Å². The van der Waals surface area contributed by atoms with Gasteiger partial charge in [-0.2, -0.15) is 23.1 Å². The summed E-state index contributed by atoms with van der Waals surface area (Å²) in [7, 11) is 0. The van der Waals surface area contributed by atoms with Crippen molar-refractivity contribution in [2.75, 3.05) is 23.7 Å². The lowest BCUT2D eigenvalue weighted by atomic mass is 10.1. The molecule has 0 aliphatic heterocycles. The Morgan fingerprint density at radius 1 is 0.844 bits per heavy atom. The first-order chi connectivity index (χ1) is 15.4. The molecule has 0 amide bonds. The van der Waals surface area contributed by atoms with Gasteiger partial charge in [-0.3, -0.25) is 0 Å². The van der Waals surface area contributed by atoms with Crippen LogP contribution in [0.25, 0.3) is 22.4 Å². The van der Waals surface area contributed by atoms with Gasteiger partial charge in [-0.25, -0.2) is 14.4 Å². The van der Waals surface area contributed by atoms with Gasteiger partial charge in [0, 0.05) is 12.1 Å². The first-order valence-corrected chi connectivity index (χ1v) is 9.76. The monoisotopic (exact) mass is 442 g/mol. The summed E-state index contributed by atoms with van der Waals surface area (Å²) in [6.07, 6.45) is -2.33. The van der Waals surface area contributed by atoms with E-state index in [0.29, 0.717) is 24.2 Å². The quantitative estimate of drug-likeness (QED) is 0.399. The highest BCUT2D eigenvalue weighted by Crippen LogP contribution is 2.25. The third-order valence-electron chi connectivity index (χ3n) is 4.54. The second-order valence-electron chi connectivity index (χ2n) is 6.96. The molecule has 0 fully saturated rings. The highest BCUT2D eigenvalue weighted by atomic mass is 19.4. The number of hydrogen-bond acceptors (Lipinski definition) is 6. The number of benzene rings is 2. The molecule has 0 aliphatic rings. The van der Waals surface area contributed by atoms with Crippen LogP contribution >= 0.6 is 0 Å². The predicted molar refractivity (Wildman–Crippen MR) is 114 cm³/mol. The van der Waals surface area contributed by atoms with Gasteiger partial charge in [-0.1, -0.05) is 30.3 Å². The van der Waals surface area contributed by atoms with Crippen LogP contribution in [0.1, 0.15) is 5.56 Å². The van der Waals surface area contributed by atoms with Crippen molar-refractivity contribution in [1.82, 2.24) is 19.9 Å². The average molecular weight is 442 g/mol. The molecule has 10 heteroatoms. The maximum Gasteiger partial charge on any atom is 0.405 e. The number of nitrogens with one attached hydrogen (secondary N) is 2. The number of halogens is 4. The van der Waals surface area contributed by atoms with E-state index >= 15 is 0 Å². The Hall–Kier alpha value is -3.82. The normalized spacial score (nSPS) is 11.5. The van der Waals surface area contributed by atoms with Gasteiger partial charge in [0.1, 0.15) is 12.4 Å². The first kappa shape index (κ1) is 21.4. The summed E-state index contributed by atoms with van der Waals surface area (Å²) < 4.78 is 51.7. The largest absolute Gasteiger partial charge is 0.405 e. The molecule has 0 spiro atoms. The number of alkyl halides is 3. The Balaban J connectivity index is 1.63. The zero-order valence-electron chi connectivity index (χ0n) is 16.7. The van der Waals surface area contributed by atoms with Crippen molar-refractivity contribution >= 4 is 22.9 Å². The lowest BCUT2D eigenvalue weighted by Crippen LogP contribution is -2.22. The number of rotatable bonds is 7. The molecule has 0 unspecified atom stereocenters. The average Bonchev–Trinajstić information content (AvgIpc) is 2.78. The van der Waals surface area contributed by atoms with Gasteiger partial charge >= 0.3 is 6.18 Å². The number of aromatic nitrogens is 4. The van der Waals surface area contributed by atoms with Crippen molar-refractivity contribution in [3.63, 3.8) is 0 Å². The van der Waals surface area contributed by atoms with Crippen molar-refractivity contribution in [3.8, 4) is 11.3 Å². The highest BCUT2D eigenvalue weighted by Gasteiger charge is 2.27. The molecule has 4 aromatic rings. The lowest BCUT2D eigenvalue weighted by Gasteiger charge is -2.13. The fourth-order valence-electron chi connectivity index (χ4n) is 3.02. The molecule has 32 heavy (non-hydrogen) atoms. The minimum Gasteiger partial charge on any atom is -0.359 e. The number of fused-ring (bicyclic) bond motifs is 1. The minimum atomic E-state index is -4.44. The molecular formula is C22H18F4N6. The molecule has 0 saturated carbocycles. The van der Waals surface area contributed by atoms with Crippen LogP contribution in [0.5, 0.6) is 0 Å². The number of hydrogen-bond donors (Lipinski definition) is 2. The Morgan fingerprint density at radius 3 is 2.31 bits per heavy atom. The van der Waals surface area contributed by atoms with Crippen LogP contribution in [-0.2, 0) is 6.42 Å². The molecule has 0 bridgehead atoms. The molecule has 2 N–H and O–H groups in total.